The van der Waals surface area contributed by atoms with Crippen molar-refractivity contribution in [3.63, 3.8) is 0 Å². The van der Waals surface area contributed by atoms with Gasteiger partial charge in [-0.25, -0.2) is 14.4 Å². The zero-order valence-electron chi connectivity index (χ0n) is 17.4. The van der Waals surface area contributed by atoms with E-state index in [1.165, 1.54) is 12.1 Å². The van der Waals surface area contributed by atoms with Crippen molar-refractivity contribution in [3.8, 4) is 11.3 Å². The minimum atomic E-state index is -0.312. The highest BCUT2D eigenvalue weighted by Crippen LogP contribution is 2.22. The summed E-state index contributed by atoms with van der Waals surface area (Å²) in [4.78, 5) is 21.7. The molecule has 0 radical (unpaired) electrons. The Kier molecular flexibility index (Phi) is 6.78. The van der Waals surface area contributed by atoms with Gasteiger partial charge in [0.25, 0.3) is 0 Å². The third kappa shape index (κ3) is 5.73. The molecule has 0 aliphatic carbocycles. The van der Waals surface area contributed by atoms with E-state index >= 15 is 0 Å². The highest BCUT2D eigenvalue weighted by molar-refractivity contribution is 5.92. The van der Waals surface area contributed by atoms with Gasteiger partial charge in [-0.05, 0) is 47.9 Å². The lowest BCUT2D eigenvalue weighted by Crippen LogP contribution is -2.15. The highest BCUT2D eigenvalue weighted by atomic mass is 19.1. The fraction of sp³-hybridized carbons (Fsp3) is 0.0741. The van der Waals surface area contributed by atoms with Crippen molar-refractivity contribution in [1.29, 1.82) is 0 Å². The molecule has 5 heteroatoms. The maximum absolute atomic E-state index is 13.3. The molecule has 0 unspecified atom stereocenters. The number of anilines is 1. The zero-order chi connectivity index (χ0) is 22.2. The molecule has 0 aliphatic heterocycles. The summed E-state index contributed by atoms with van der Waals surface area (Å²) in [6.07, 6.45) is 6.30. The van der Waals surface area contributed by atoms with Gasteiger partial charge in [-0.1, -0.05) is 66.7 Å². The molecule has 3 aromatic carbocycles. The zero-order valence-corrected chi connectivity index (χ0v) is 17.4. The quantitative estimate of drug-likeness (QED) is 0.395. The Balaban J connectivity index is 1.57. The molecule has 0 aliphatic rings. The van der Waals surface area contributed by atoms with Crippen LogP contribution in [0.4, 0.5) is 10.2 Å². The van der Waals surface area contributed by atoms with Crippen LogP contribution in [0.15, 0.2) is 91.1 Å². The van der Waals surface area contributed by atoms with Crippen molar-refractivity contribution in [2.75, 3.05) is 5.32 Å². The van der Waals surface area contributed by atoms with Crippen LogP contribution in [0.5, 0.6) is 0 Å². The first kappa shape index (κ1) is 21.1. The number of nitrogens with zero attached hydrogens (tertiary/aromatic N) is 2. The number of amides is 1. The number of rotatable bonds is 7. The molecule has 4 nitrogen and oxygen atoms in total. The molecule has 0 saturated carbocycles. The van der Waals surface area contributed by atoms with Crippen LogP contribution >= 0.6 is 0 Å². The summed E-state index contributed by atoms with van der Waals surface area (Å²) in [5, 5.41) is 2.88. The Bertz CT molecular complexity index is 1210. The Morgan fingerprint density at radius 2 is 1.56 bits per heavy atom. The summed E-state index contributed by atoms with van der Waals surface area (Å²) in [6.45, 7) is 0. The molecule has 0 atom stereocenters. The number of nitrogens with one attached hydrogen (secondary N) is 1. The molecule has 0 spiro atoms. The second kappa shape index (κ2) is 10.3. The molecular formula is C27H22FN3O. The lowest BCUT2D eigenvalue weighted by molar-refractivity contribution is -0.116. The first-order valence-corrected chi connectivity index (χ1v) is 10.4. The third-order valence-electron chi connectivity index (χ3n) is 4.91. The summed E-state index contributed by atoms with van der Waals surface area (Å²) in [5.41, 5.74) is 3.98. The lowest BCUT2D eigenvalue weighted by Gasteiger charge is -2.10. The van der Waals surface area contributed by atoms with Crippen LogP contribution < -0.4 is 5.32 Å². The SMILES string of the molecule is O=C(CCc1ccccc1)Nc1ncc(-c2ccc(F)cc2)nc1C=Cc1ccccc1. The molecule has 1 N–H and O–H groups in total. The standard InChI is InChI=1S/C27H22FN3O/c28-23-15-13-22(14-16-23)25-19-29-27(24(30-25)17-11-20-7-3-1-4-8-20)31-26(32)18-12-21-9-5-2-6-10-21/h1-11,13-17,19H,12,18H2,(H,29,31,32). The maximum Gasteiger partial charge on any atom is 0.225 e. The second-order valence-corrected chi connectivity index (χ2v) is 7.27. The summed E-state index contributed by atoms with van der Waals surface area (Å²) in [5.74, 6) is -0.0543. The van der Waals surface area contributed by atoms with Crippen molar-refractivity contribution >= 4 is 23.9 Å². The minimum Gasteiger partial charge on any atom is -0.309 e. The Morgan fingerprint density at radius 1 is 0.875 bits per heavy atom. The topological polar surface area (TPSA) is 54.9 Å². The monoisotopic (exact) mass is 423 g/mol. The number of halogens is 1. The van der Waals surface area contributed by atoms with E-state index in [2.05, 4.69) is 15.3 Å². The molecule has 158 valence electrons. The second-order valence-electron chi connectivity index (χ2n) is 7.27. The van der Waals surface area contributed by atoms with Crippen LogP contribution in [-0.2, 0) is 11.2 Å². The third-order valence-corrected chi connectivity index (χ3v) is 4.91. The van der Waals surface area contributed by atoms with Crippen LogP contribution in [-0.4, -0.2) is 15.9 Å². The van der Waals surface area contributed by atoms with E-state index in [0.717, 1.165) is 16.7 Å². The molecule has 4 aromatic rings. The van der Waals surface area contributed by atoms with Crippen molar-refractivity contribution in [3.05, 3.63) is 114 Å². The predicted molar refractivity (Wildman–Crippen MR) is 126 cm³/mol. The molecule has 0 saturated heterocycles. The van der Waals surface area contributed by atoms with E-state index in [-0.39, 0.29) is 11.7 Å². The lowest BCUT2D eigenvalue weighted by atomic mass is 10.1. The van der Waals surface area contributed by atoms with E-state index in [1.807, 2.05) is 72.8 Å². The average Bonchev–Trinajstić information content (AvgIpc) is 2.84. The molecule has 32 heavy (non-hydrogen) atoms. The van der Waals surface area contributed by atoms with E-state index < -0.39 is 0 Å². The van der Waals surface area contributed by atoms with Gasteiger partial charge in [-0.15, -0.1) is 0 Å². The van der Waals surface area contributed by atoms with E-state index in [1.54, 1.807) is 18.3 Å². The molecular weight excluding hydrogens is 401 g/mol. The van der Waals surface area contributed by atoms with Crippen molar-refractivity contribution in [1.82, 2.24) is 9.97 Å². The number of benzene rings is 3. The van der Waals surface area contributed by atoms with E-state index in [4.69, 9.17) is 0 Å². The van der Waals surface area contributed by atoms with Gasteiger partial charge in [0.05, 0.1) is 11.9 Å². The average molecular weight is 423 g/mol. The van der Waals surface area contributed by atoms with Crippen LogP contribution in [0.25, 0.3) is 23.4 Å². The van der Waals surface area contributed by atoms with Crippen LogP contribution in [0.3, 0.4) is 0 Å². The molecule has 0 fully saturated rings. The van der Waals surface area contributed by atoms with Gasteiger partial charge in [0.2, 0.25) is 5.91 Å². The normalized spacial score (nSPS) is 10.9. The van der Waals surface area contributed by atoms with Crippen molar-refractivity contribution in [2.24, 2.45) is 0 Å². The maximum atomic E-state index is 13.3. The predicted octanol–water partition coefficient (Wildman–Crippen LogP) is 6.02. The van der Waals surface area contributed by atoms with Gasteiger partial charge in [-0.2, -0.15) is 0 Å². The van der Waals surface area contributed by atoms with Gasteiger partial charge in [-0.3, -0.25) is 4.79 Å². The summed E-state index contributed by atoms with van der Waals surface area (Å²) in [7, 11) is 0. The number of aromatic nitrogens is 2. The number of hydrogen-bond acceptors (Lipinski definition) is 3. The van der Waals surface area contributed by atoms with Gasteiger partial charge >= 0.3 is 0 Å². The number of hydrogen-bond donors (Lipinski definition) is 1. The van der Waals surface area contributed by atoms with Crippen molar-refractivity contribution in [2.45, 2.75) is 12.8 Å². The van der Waals surface area contributed by atoms with Crippen LogP contribution in [0, 0.1) is 5.82 Å². The van der Waals surface area contributed by atoms with E-state index in [0.29, 0.717) is 30.0 Å². The Morgan fingerprint density at radius 3 is 2.28 bits per heavy atom. The van der Waals surface area contributed by atoms with Crippen LogP contribution in [0.2, 0.25) is 0 Å². The minimum absolute atomic E-state index is 0.132. The smallest absolute Gasteiger partial charge is 0.225 e. The highest BCUT2D eigenvalue weighted by Gasteiger charge is 2.11. The molecule has 1 heterocycles. The Labute approximate surface area is 186 Å². The summed E-state index contributed by atoms with van der Waals surface area (Å²) < 4.78 is 13.3. The number of carbonyl (C=O) groups excluding carboxylic acids is 1. The summed E-state index contributed by atoms with van der Waals surface area (Å²) >= 11 is 0. The fourth-order valence-corrected chi connectivity index (χ4v) is 3.21. The molecule has 1 aromatic heterocycles. The first-order chi connectivity index (χ1) is 15.7. The van der Waals surface area contributed by atoms with Gasteiger partial charge < -0.3 is 5.32 Å². The molecule has 0 bridgehead atoms. The largest absolute Gasteiger partial charge is 0.309 e. The molecule has 1 amide bonds. The van der Waals surface area contributed by atoms with Crippen LogP contribution in [0.1, 0.15) is 23.2 Å². The number of carbonyl (C=O) groups is 1. The van der Waals surface area contributed by atoms with Gasteiger partial charge in [0.15, 0.2) is 5.82 Å². The van der Waals surface area contributed by atoms with Gasteiger partial charge in [0.1, 0.15) is 11.5 Å². The first-order valence-electron chi connectivity index (χ1n) is 10.4. The van der Waals surface area contributed by atoms with E-state index in [9.17, 15) is 9.18 Å². The summed E-state index contributed by atoms with van der Waals surface area (Å²) in [6, 6.07) is 25.8. The molecule has 4 rings (SSSR count). The van der Waals surface area contributed by atoms with Gasteiger partial charge in [0, 0.05) is 12.0 Å². The van der Waals surface area contributed by atoms with Crippen molar-refractivity contribution < 1.29 is 9.18 Å². The number of aryl methyl sites for hydroxylation is 1. The fourth-order valence-electron chi connectivity index (χ4n) is 3.21. The Hall–Kier alpha value is -4.12.